The van der Waals surface area contributed by atoms with Gasteiger partial charge in [0.2, 0.25) is 0 Å². The second-order valence-electron chi connectivity index (χ2n) is 6.40. The summed E-state index contributed by atoms with van der Waals surface area (Å²) < 4.78 is 1.05. The molecule has 1 atom stereocenters. The maximum absolute atomic E-state index is 12.6. The van der Waals surface area contributed by atoms with E-state index in [1.54, 1.807) is 11.3 Å². The lowest BCUT2D eigenvalue weighted by atomic mass is 9.76. The van der Waals surface area contributed by atoms with E-state index in [-0.39, 0.29) is 0 Å². The van der Waals surface area contributed by atoms with Crippen LogP contribution in [0.2, 0.25) is 0 Å². The van der Waals surface area contributed by atoms with Crippen LogP contribution in [-0.2, 0) is 0 Å². The Balaban J connectivity index is 1.55. The lowest BCUT2D eigenvalue weighted by Crippen LogP contribution is -2.47. The monoisotopic (exact) mass is 300 g/mol. The van der Waals surface area contributed by atoms with Crippen LogP contribution >= 0.6 is 11.3 Å². The first-order chi connectivity index (χ1) is 10.2. The van der Waals surface area contributed by atoms with Crippen LogP contribution in [0.25, 0.3) is 10.1 Å². The fourth-order valence-electron chi connectivity index (χ4n) is 3.88. The van der Waals surface area contributed by atoms with Gasteiger partial charge in [0.25, 0.3) is 0 Å². The number of piperidine rings is 3. The first kappa shape index (κ1) is 13.3. The van der Waals surface area contributed by atoms with Gasteiger partial charge < -0.3 is 10.6 Å². The summed E-state index contributed by atoms with van der Waals surface area (Å²) in [7, 11) is 0. The van der Waals surface area contributed by atoms with E-state index in [4.69, 9.17) is 5.73 Å². The molecule has 0 unspecified atom stereocenters. The number of rotatable bonds is 3. The van der Waals surface area contributed by atoms with E-state index < -0.39 is 0 Å². The van der Waals surface area contributed by atoms with E-state index in [1.165, 1.54) is 25.9 Å². The Labute approximate surface area is 128 Å². The van der Waals surface area contributed by atoms with Crippen molar-refractivity contribution in [2.24, 2.45) is 11.8 Å². The number of carbonyl (C=O) groups is 1. The third kappa shape index (κ3) is 2.36. The molecule has 1 aromatic carbocycles. The maximum atomic E-state index is 12.6. The highest BCUT2D eigenvalue weighted by Crippen LogP contribution is 2.36. The van der Waals surface area contributed by atoms with Crippen LogP contribution in [0, 0.1) is 11.8 Å². The number of benzene rings is 1. The third-order valence-electron chi connectivity index (χ3n) is 5.09. The highest BCUT2D eigenvalue weighted by Gasteiger charge is 2.35. The zero-order valence-corrected chi connectivity index (χ0v) is 12.9. The van der Waals surface area contributed by atoms with E-state index in [9.17, 15) is 4.79 Å². The van der Waals surface area contributed by atoms with Crippen LogP contribution in [0.1, 0.15) is 28.9 Å². The standard InChI is InChI=1S/C17H20N2OS/c18-14-3-1-2-12-9-16(21-17(12)14)15(20)8-13-10-19-6-4-11(13)5-7-19/h1-3,9,11,13H,4-8,10,18H2/t13-/m0/s1. The Morgan fingerprint density at radius 2 is 2.14 bits per heavy atom. The molecule has 1 aromatic heterocycles. The number of ketones is 1. The Morgan fingerprint density at radius 3 is 2.81 bits per heavy atom. The van der Waals surface area contributed by atoms with Crippen LogP contribution in [0.3, 0.4) is 0 Å². The van der Waals surface area contributed by atoms with Crippen molar-refractivity contribution in [3.63, 3.8) is 0 Å². The number of nitrogen functional groups attached to an aromatic ring is 1. The number of nitrogens with two attached hydrogens (primary N) is 1. The molecule has 2 N–H and O–H groups in total. The van der Waals surface area contributed by atoms with Gasteiger partial charge in [-0.3, -0.25) is 4.79 Å². The fraction of sp³-hybridized carbons (Fsp3) is 0.471. The molecule has 0 amide bonds. The van der Waals surface area contributed by atoms with Crippen LogP contribution in [0.5, 0.6) is 0 Å². The second kappa shape index (κ2) is 5.11. The number of hydrogen-bond acceptors (Lipinski definition) is 4. The molecule has 3 fully saturated rings. The SMILES string of the molecule is Nc1cccc2cc(C(=O)C[C@H]3CN4CCC3CC4)sc12. The lowest BCUT2D eigenvalue weighted by molar-refractivity contribution is 0.0442. The zero-order valence-electron chi connectivity index (χ0n) is 12.0. The summed E-state index contributed by atoms with van der Waals surface area (Å²) in [4.78, 5) is 16.0. The molecule has 3 saturated heterocycles. The van der Waals surface area contributed by atoms with Crippen molar-refractivity contribution in [1.82, 2.24) is 4.90 Å². The first-order valence-electron chi connectivity index (χ1n) is 7.74. The van der Waals surface area contributed by atoms with Crippen molar-refractivity contribution in [1.29, 1.82) is 0 Å². The molecular formula is C17H20N2OS. The summed E-state index contributed by atoms with van der Waals surface area (Å²) in [5.41, 5.74) is 6.77. The maximum Gasteiger partial charge on any atom is 0.173 e. The molecule has 0 saturated carbocycles. The zero-order chi connectivity index (χ0) is 14.4. The lowest BCUT2D eigenvalue weighted by Gasteiger charge is -2.44. The predicted molar refractivity (Wildman–Crippen MR) is 87.8 cm³/mol. The predicted octanol–water partition coefficient (Wildman–Crippen LogP) is 3.40. The summed E-state index contributed by atoms with van der Waals surface area (Å²) in [6, 6.07) is 7.90. The van der Waals surface area contributed by atoms with Gasteiger partial charge in [0, 0.05) is 18.7 Å². The van der Waals surface area contributed by atoms with Gasteiger partial charge in [-0.1, -0.05) is 12.1 Å². The smallest absolute Gasteiger partial charge is 0.173 e. The minimum atomic E-state index is 0.300. The largest absolute Gasteiger partial charge is 0.398 e. The van der Waals surface area contributed by atoms with E-state index in [0.717, 1.165) is 33.1 Å². The van der Waals surface area contributed by atoms with E-state index in [2.05, 4.69) is 4.90 Å². The number of fused-ring (bicyclic) bond motifs is 4. The molecule has 3 aliphatic heterocycles. The molecule has 4 heterocycles. The normalized spacial score (nSPS) is 28.1. The van der Waals surface area contributed by atoms with E-state index in [0.29, 0.717) is 18.1 Å². The van der Waals surface area contributed by atoms with Crippen molar-refractivity contribution in [2.45, 2.75) is 19.3 Å². The molecule has 3 aliphatic rings. The van der Waals surface area contributed by atoms with E-state index >= 15 is 0 Å². The summed E-state index contributed by atoms with van der Waals surface area (Å²) in [5.74, 6) is 1.62. The van der Waals surface area contributed by atoms with Gasteiger partial charge in [-0.2, -0.15) is 0 Å². The minimum absolute atomic E-state index is 0.300. The van der Waals surface area contributed by atoms with E-state index in [1.807, 2.05) is 24.3 Å². The third-order valence-corrected chi connectivity index (χ3v) is 6.33. The molecule has 4 heteroatoms. The van der Waals surface area contributed by atoms with Crippen LogP contribution in [-0.4, -0.2) is 30.3 Å². The molecule has 2 bridgehead atoms. The molecule has 5 rings (SSSR count). The molecular weight excluding hydrogens is 280 g/mol. The Hall–Kier alpha value is -1.39. The Bertz CT molecular complexity index is 685. The molecule has 0 aliphatic carbocycles. The van der Waals surface area contributed by atoms with Gasteiger partial charge >= 0.3 is 0 Å². The minimum Gasteiger partial charge on any atom is -0.398 e. The molecule has 0 radical (unpaired) electrons. The molecule has 110 valence electrons. The summed E-state index contributed by atoms with van der Waals surface area (Å²) >= 11 is 1.55. The Morgan fingerprint density at radius 1 is 1.33 bits per heavy atom. The van der Waals surface area contributed by atoms with Gasteiger partial charge in [-0.25, -0.2) is 0 Å². The van der Waals surface area contributed by atoms with Crippen LogP contribution in [0.4, 0.5) is 5.69 Å². The number of nitrogens with zero attached hydrogens (tertiary/aromatic N) is 1. The summed E-state index contributed by atoms with van der Waals surface area (Å²) in [6.45, 7) is 3.58. The average molecular weight is 300 g/mol. The van der Waals surface area contributed by atoms with Crippen molar-refractivity contribution in [3.05, 3.63) is 29.1 Å². The summed E-state index contributed by atoms with van der Waals surface area (Å²) in [6.07, 6.45) is 3.25. The molecule has 21 heavy (non-hydrogen) atoms. The van der Waals surface area contributed by atoms with Crippen molar-refractivity contribution in [3.8, 4) is 0 Å². The first-order valence-corrected chi connectivity index (χ1v) is 8.56. The average Bonchev–Trinajstić information content (AvgIpc) is 2.94. The second-order valence-corrected chi connectivity index (χ2v) is 7.45. The van der Waals surface area contributed by atoms with Gasteiger partial charge in [0.15, 0.2) is 5.78 Å². The molecule has 2 aromatic rings. The van der Waals surface area contributed by atoms with Crippen LogP contribution in [0.15, 0.2) is 24.3 Å². The van der Waals surface area contributed by atoms with Gasteiger partial charge in [0.05, 0.1) is 9.58 Å². The number of Topliss-reactive ketones (excluding diaryl/α,β-unsaturated/α-hetero) is 1. The van der Waals surface area contributed by atoms with Crippen molar-refractivity contribution >= 4 is 32.9 Å². The van der Waals surface area contributed by atoms with Gasteiger partial charge in [0.1, 0.15) is 0 Å². The van der Waals surface area contributed by atoms with Crippen molar-refractivity contribution in [2.75, 3.05) is 25.4 Å². The fourth-order valence-corrected chi connectivity index (χ4v) is 4.91. The number of carbonyl (C=O) groups excluding carboxylic acids is 1. The Kier molecular flexibility index (Phi) is 3.23. The highest BCUT2D eigenvalue weighted by molar-refractivity contribution is 7.21. The number of thiophene rings is 1. The quantitative estimate of drug-likeness (QED) is 0.698. The van der Waals surface area contributed by atoms with Gasteiger partial charge in [-0.15, -0.1) is 11.3 Å². The van der Waals surface area contributed by atoms with Crippen LogP contribution < -0.4 is 5.73 Å². The molecule has 3 nitrogen and oxygen atoms in total. The number of anilines is 1. The van der Waals surface area contributed by atoms with Gasteiger partial charge in [-0.05, 0) is 55.3 Å². The molecule has 0 spiro atoms. The summed E-state index contributed by atoms with van der Waals surface area (Å²) in [5, 5.41) is 1.09. The van der Waals surface area contributed by atoms with Crippen molar-refractivity contribution < 1.29 is 4.79 Å². The number of hydrogen-bond donors (Lipinski definition) is 1. The topological polar surface area (TPSA) is 46.3 Å². The highest BCUT2D eigenvalue weighted by atomic mass is 32.1.